The number of rotatable bonds is 5. The van der Waals surface area contributed by atoms with Crippen molar-refractivity contribution in [1.29, 1.82) is 0 Å². The standard InChI is InChI=1S/C19H22ClN5O2/c1-12-7-16(23-27-12)18-15(19(20)24(2)22-18)10-25-9-14(17(26)11-25)8-13-3-5-21-6-4-13/h3-7,14,17,26H,8-11H2,1-2H3/t14-,17-/m1/s1. The van der Waals surface area contributed by atoms with Gasteiger partial charge in [0.05, 0.1) is 6.10 Å². The molecule has 1 N–H and O–H groups in total. The lowest BCUT2D eigenvalue weighted by Crippen LogP contribution is -2.21. The van der Waals surface area contributed by atoms with E-state index in [0.29, 0.717) is 23.9 Å². The van der Waals surface area contributed by atoms with Gasteiger partial charge in [-0.05, 0) is 31.0 Å². The molecule has 0 amide bonds. The minimum Gasteiger partial charge on any atom is -0.391 e. The minimum atomic E-state index is -0.369. The van der Waals surface area contributed by atoms with Crippen LogP contribution < -0.4 is 0 Å². The molecule has 2 atom stereocenters. The molecule has 0 spiro atoms. The van der Waals surface area contributed by atoms with Crippen LogP contribution in [-0.4, -0.2) is 49.1 Å². The van der Waals surface area contributed by atoms with Crippen molar-refractivity contribution in [3.63, 3.8) is 0 Å². The Bertz CT molecular complexity index is 924. The van der Waals surface area contributed by atoms with Crippen LogP contribution in [0.1, 0.15) is 16.9 Å². The first kappa shape index (κ1) is 18.2. The maximum atomic E-state index is 10.5. The Balaban J connectivity index is 1.51. The Morgan fingerprint density at radius 1 is 1.30 bits per heavy atom. The quantitative estimate of drug-likeness (QED) is 0.724. The molecule has 0 aromatic carbocycles. The topological polar surface area (TPSA) is 80.2 Å². The van der Waals surface area contributed by atoms with Crippen LogP contribution in [-0.2, 0) is 20.0 Å². The highest BCUT2D eigenvalue weighted by molar-refractivity contribution is 6.30. The van der Waals surface area contributed by atoms with Crippen LogP contribution >= 0.6 is 11.6 Å². The van der Waals surface area contributed by atoms with Crippen LogP contribution in [0, 0.1) is 12.8 Å². The summed E-state index contributed by atoms with van der Waals surface area (Å²) in [7, 11) is 1.81. The largest absolute Gasteiger partial charge is 0.391 e. The lowest BCUT2D eigenvalue weighted by molar-refractivity contribution is 0.141. The third-order valence-corrected chi connectivity index (χ3v) is 5.52. The van der Waals surface area contributed by atoms with E-state index in [1.807, 2.05) is 32.2 Å². The Hall–Kier alpha value is -2.22. The van der Waals surface area contributed by atoms with Gasteiger partial charge in [-0.1, -0.05) is 16.8 Å². The molecule has 27 heavy (non-hydrogen) atoms. The average molecular weight is 388 g/mol. The maximum Gasteiger partial charge on any atom is 0.134 e. The number of aromatic nitrogens is 4. The molecule has 1 saturated heterocycles. The molecule has 0 unspecified atom stereocenters. The molecule has 0 saturated carbocycles. The molecule has 0 bridgehead atoms. The molecule has 8 heteroatoms. The minimum absolute atomic E-state index is 0.181. The second-order valence-corrected chi connectivity index (χ2v) is 7.50. The summed E-state index contributed by atoms with van der Waals surface area (Å²) in [6.07, 6.45) is 4.04. The number of halogens is 1. The zero-order valence-corrected chi connectivity index (χ0v) is 16.1. The highest BCUT2D eigenvalue weighted by Crippen LogP contribution is 2.31. The number of aliphatic hydroxyl groups excluding tert-OH is 1. The predicted molar refractivity (Wildman–Crippen MR) is 101 cm³/mol. The van der Waals surface area contributed by atoms with Gasteiger partial charge in [0.15, 0.2) is 0 Å². The second-order valence-electron chi connectivity index (χ2n) is 7.15. The van der Waals surface area contributed by atoms with E-state index >= 15 is 0 Å². The zero-order valence-electron chi connectivity index (χ0n) is 15.3. The van der Waals surface area contributed by atoms with Gasteiger partial charge in [-0.3, -0.25) is 14.6 Å². The normalized spacial score (nSPS) is 20.4. The summed E-state index contributed by atoms with van der Waals surface area (Å²) in [5, 5.41) is 19.7. The number of pyridine rings is 1. The van der Waals surface area contributed by atoms with Crippen molar-refractivity contribution in [3.05, 3.63) is 52.6 Å². The highest BCUT2D eigenvalue weighted by atomic mass is 35.5. The number of β-amino-alcohol motifs (C(OH)–C–C–N with tert-alkyl or cyclic N) is 1. The number of hydrogen-bond donors (Lipinski definition) is 1. The summed E-state index contributed by atoms with van der Waals surface area (Å²) >= 11 is 6.50. The molecule has 0 aliphatic carbocycles. The number of aryl methyl sites for hydroxylation is 2. The van der Waals surface area contributed by atoms with Crippen LogP contribution in [0.5, 0.6) is 0 Å². The highest BCUT2D eigenvalue weighted by Gasteiger charge is 2.33. The first-order valence-corrected chi connectivity index (χ1v) is 9.33. The van der Waals surface area contributed by atoms with Gasteiger partial charge in [-0.2, -0.15) is 5.10 Å². The molecule has 142 valence electrons. The summed E-state index contributed by atoms with van der Waals surface area (Å²) in [5.74, 6) is 0.910. The number of likely N-dealkylation sites (tertiary alicyclic amines) is 1. The summed E-state index contributed by atoms with van der Waals surface area (Å²) in [6.45, 7) is 3.86. The summed E-state index contributed by atoms with van der Waals surface area (Å²) < 4.78 is 6.84. The van der Waals surface area contributed by atoms with Crippen LogP contribution in [0.3, 0.4) is 0 Å². The molecule has 7 nitrogen and oxygen atoms in total. The number of hydrogen-bond acceptors (Lipinski definition) is 6. The molecule has 1 aliphatic rings. The van der Waals surface area contributed by atoms with Crippen LogP contribution in [0.4, 0.5) is 0 Å². The Morgan fingerprint density at radius 2 is 2.07 bits per heavy atom. The third kappa shape index (κ3) is 3.76. The van der Waals surface area contributed by atoms with Gasteiger partial charge in [0.1, 0.15) is 22.3 Å². The van der Waals surface area contributed by atoms with E-state index in [9.17, 15) is 5.11 Å². The van der Waals surface area contributed by atoms with Gasteiger partial charge in [0, 0.05) is 56.6 Å². The predicted octanol–water partition coefficient (Wildman–Crippen LogP) is 2.47. The van der Waals surface area contributed by atoms with Crippen molar-refractivity contribution in [2.45, 2.75) is 26.0 Å². The maximum absolute atomic E-state index is 10.5. The van der Waals surface area contributed by atoms with E-state index < -0.39 is 0 Å². The van der Waals surface area contributed by atoms with E-state index in [-0.39, 0.29) is 12.0 Å². The van der Waals surface area contributed by atoms with Crippen molar-refractivity contribution in [2.75, 3.05) is 13.1 Å². The molecule has 4 rings (SSSR count). The Morgan fingerprint density at radius 3 is 2.78 bits per heavy atom. The van der Waals surface area contributed by atoms with E-state index in [2.05, 4.69) is 20.1 Å². The van der Waals surface area contributed by atoms with Gasteiger partial charge < -0.3 is 9.63 Å². The van der Waals surface area contributed by atoms with Crippen molar-refractivity contribution in [2.24, 2.45) is 13.0 Å². The van der Waals surface area contributed by atoms with E-state index in [1.165, 1.54) is 5.56 Å². The van der Waals surface area contributed by atoms with Crippen molar-refractivity contribution >= 4 is 11.6 Å². The molecule has 4 heterocycles. The summed E-state index contributed by atoms with van der Waals surface area (Å²) in [4.78, 5) is 6.27. The lowest BCUT2D eigenvalue weighted by atomic mass is 9.97. The van der Waals surface area contributed by atoms with Gasteiger partial charge in [-0.15, -0.1) is 0 Å². The fourth-order valence-electron chi connectivity index (χ4n) is 3.69. The SMILES string of the molecule is Cc1cc(-c2nn(C)c(Cl)c2CN2C[C@@H](Cc3ccncc3)[C@H](O)C2)no1. The zero-order chi connectivity index (χ0) is 19.0. The Labute approximate surface area is 162 Å². The van der Waals surface area contributed by atoms with Crippen LogP contribution in [0.15, 0.2) is 35.1 Å². The summed E-state index contributed by atoms with van der Waals surface area (Å²) in [5.41, 5.74) is 3.50. The summed E-state index contributed by atoms with van der Waals surface area (Å²) in [6, 6.07) is 5.85. The molecule has 3 aromatic rings. The fourth-order valence-corrected chi connectivity index (χ4v) is 3.87. The molecule has 0 radical (unpaired) electrons. The van der Waals surface area contributed by atoms with Crippen LogP contribution in [0.25, 0.3) is 11.4 Å². The molecular weight excluding hydrogens is 366 g/mol. The second kappa shape index (κ2) is 7.42. The van der Waals surface area contributed by atoms with Crippen LogP contribution in [0.2, 0.25) is 5.15 Å². The molecule has 1 aliphatic heterocycles. The van der Waals surface area contributed by atoms with Gasteiger partial charge in [0.25, 0.3) is 0 Å². The fraction of sp³-hybridized carbons (Fsp3) is 0.421. The number of aliphatic hydroxyl groups is 1. The monoisotopic (exact) mass is 387 g/mol. The van der Waals surface area contributed by atoms with Crippen molar-refractivity contribution in [3.8, 4) is 11.4 Å². The smallest absolute Gasteiger partial charge is 0.134 e. The van der Waals surface area contributed by atoms with Gasteiger partial charge in [0.2, 0.25) is 0 Å². The molecule has 1 fully saturated rings. The first-order valence-electron chi connectivity index (χ1n) is 8.95. The van der Waals surface area contributed by atoms with Crippen molar-refractivity contribution in [1.82, 2.24) is 24.8 Å². The van der Waals surface area contributed by atoms with Gasteiger partial charge in [-0.25, -0.2) is 0 Å². The van der Waals surface area contributed by atoms with Gasteiger partial charge >= 0.3 is 0 Å². The third-order valence-electron chi connectivity index (χ3n) is 5.05. The lowest BCUT2D eigenvalue weighted by Gasteiger charge is -2.15. The molecular formula is C19H22ClN5O2. The van der Waals surface area contributed by atoms with Crippen molar-refractivity contribution < 1.29 is 9.63 Å². The van der Waals surface area contributed by atoms with E-state index in [1.54, 1.807) is 17.1 Å². The number of nitrogens with zero attached hydrogens (tertiary/aromatic N) is 5. The first-order chi connectivity index (χ1) is 13.0. The van der Waals surface area contributed by atoms with E-state index in [0.717, 1.165) is 30.0 Å². The van der Waals surface area contributed by atoms with E-state index in [4.69, 9.17) is 16.1 Å². The Kier molecular flexibility index (Phi) is 4.99. The average Bonchev–Trinajstić information content (AvgIpc) is 3.31. The molecule has 3 aromatic heterocycles.